The molecule has 0 aliphatic heterocycles. The SMILES string of the molecule is CCOC(=O)C(CCS(=O)(=O)c1cccc(Nc2cc(S(=O)(=O)O)c3[nH]c(=O)c(C(=O)c4ccccc4)c4c3c2C(=O)c2ccccc2-4)c1)C(=O)c1ccccc1. The van der Waals surface area contributed by atoms with E-state index in [1.165, 1.54) is 60.7 Å². The second-order valence-electron chi connectivity index (χ2n) is 13.1. The molecule has 0 saturated carbocycles. The molecular formula is C42H32N2O11S2. The van der Waals surface area contributed by atoms with Gasteiger partial charge in [0.1, 0.15) is 10.8 Å². The highest BCUT2D eigenvalue weighted by atomic mass is 32.2. The molecule has 3 N–H and O–H groups in total. The summed E-state index contributed by atoms with van der Waals surface area (Å²) in [5.41, 5.74) is -1.41. The lowest BCUT2D eigenvalue weighted by atomic mass is 9.80. The Labute approximate surface area is 326 Å². The minimum absolute atomic E-state index is 0.0236. The van der Waals surface area contributed by atoms with E-state index in [-0.39, 0.29) is 67.2 Å². The van der Waals surface area contributed by atoms with Gasteiger partial charge in [0, 0.05) is 33.3 Å². The lowest BCUT2D eigenvalue weighted by Gasteiger charge is -2.25. The van der Waals surface area contributed by atoms with Crippen LogP contribution in [-0.4, -0.2) is 62.1 Å². The molecule has 15 heteroatoms. The summed E-state index contributed by atoms with van der Waals surface area (Å²) in [6.07, 6.45) is -0.391. The lowest BCUT2D eigenvalue weighted by Crippen LogP contribution is -2.28. The van der Waals surface area contributed by atoms with Crippen LogP contribution in [0, 0.1) is 5.92 Å². The number of pyridine rings is 1. The zero-order valence-electron chi connectivity index (χ0n) is 30.0. The number of Topliss-reactive ketones (excluding diaryl/α,β-unsaturated/α-hetero) is 1. The third kappa shape index (κ3) is 7.31. The summed E-state index contributed by atoms with van der Waals surface area (Å²) in [4.78, 5) is 69.6. The maximum atomic E-state index is 14.3. The van der Waals surface area contributed by atoms with E-state index in [0.29, 0.717) is 0 Å². The molecule has 1 aliphatic carbocycles. The summed E-state index contributed by atoms with van der Waals surface area (Å²) >= 11 is 0. The largest absolute Gasteiger partial charge is 0.465 e. The molecular weight excluding hydrogens is 773 g/mol. The summed E-state index contributed by atoms with van der Waals surface area (Å²) in [6, 6.07) is 28.3. The number of ether oxygens (including phenoxy) is 1. The number of nitrogens with one attached hydrogen (secondary N) is 2. The van der Waals surface area contributed by atoms with Crippen molar-refractivity contribution in [3.63, 3.8) is 0 Å². The maximum absolute atomic E-state index is 14.3. The molecule has 7 rings (SSSR count). The van der Waals surface area contributed by atoms with Crippen LogP contribution in [0.1, 0.15) is 55.5 Å². The first-order chi connectivity index (χ1) is 27.2. The average molecular weight is 805 g/mol. The first-order valence-electron chi connectivity index (χ1n) is 17.5. The minimum Gasteiger partial charge on any atom is -0.465 e. The Morgan fingerprint density at radius 1 is 0.772 bits per heavy atom. The van der Waals surface area contributed by atoms with Gasteiger partial charge in [0.25, 0.3) is 15.7 Å². The number of sulfone groups is 1. The van der Waals surface area contributed by atoms with Gasteiger partial charge in [-0.05, 0) is 43.2 Å². The highest BCUT2D eigenvalue weighted by molar-refractivity contribution is 7.91. The summed E-state index contributed by atoms with van der Waals surface area (Å²) < 4.78 is 68.8. The van der Waals surface area contributed by atoms with Crippen molar-refractivity contribution in [2.45, 2.75) is 23.1 Å². The number of hydrogen-bond acceptors (Lipinski definition) is 11. The molecule has 1 atom stereocenters. The smallest absolute Gasteiger partial charge is 0.316 e. The van der Waals surface area contributed by atoms with Gasteiger partial charge < -0.3 is 15.0 Å². The number of carbonyl (C=O) groups is 4. The van der Waals surface area contributed by atoms with Gasteiger partial charge in [0.15, 0.2) is 27.2 Å². The molecule has 0 bridgehead atoms. The number of rotatable bonds is 13. The Balaban J connectivity index is 1.34. The standard InChI is InChI=1S/C42H32N2O11S2/c1-2-55-42(49)30(38(45)24-12-5-3-6-13-24)20-21-56(50,51)27-17-11-16-26(22-27)43-31-23-32(57(52,53)54)37-35-33(28-18-9-10-19-29(28)40(47)34(31)35)36(41(48)44-37)39(46)25-14-7-4-8-15-25/h3-19,22-23,30,43H,2,20-21H2,1H3,(H,44,48)(H,52,53,54). The van der Waals surface area contributed by atoms with Crippen LogP contribution in [0.4, 0.5) is 11.4 Å². The van der Waals surface area contributed by atoms with E-state index in [1.807, 2.05) is 0 Å². The topological polar surface area (TPSA) is 211 Å². The molecule has 13 nitrogen and oxygen atoms in total. The number of aromatic nitrogens is 1. The number of ketones is 3. The van der Waals surface area contributed by atoms with Crippen molar-refractivity contribution >= 4 is 65.6 Å². The summed E-state index contributed by atoms with van der Waals surface area (Å²) in [5, 5.41) is 2.80. The van der Waals surface area contributed by atoms with E-state index in [9.17, 15) is 45.4 Å². The highest BCUT2D eigenvalue weighted by Crippen LogP contribution is 2.45. The summed E-state index contributed by atoms with van der Waals surface area (Å²) in [7, 11) is -9.30. The molecule has 0 radical (unpaired) electrons. The quantitative estimate of drug-likeness (QED) is 0.0516. The Bertz CT molecular complexity index is 2930. The van der Waals surface area contributed by atoms with Crippen LogP contribution in [0.5, 0.6) is 0 Å². The molecule has 1 heterocycles. The Morgan fingerprint density at radius 2 is 1.40 bits per heavy atom. The molecule has 1 aromatic heterocycles. The number of esters is 1. The number of carbonyl (C=O) groups excluding carboxylic acids is 4. The van der Waals surface area contributed by atoms with Gasteiger partial charge in [0.2, 0.25) is 0 Å². The van der Waals surface area contributed by atoms with Crippen molar-refractivity contribution in [3.05, 3.63) is 153 Å². The zero-order chi connectivity index (χ0) is 40.6. The monoisotopic (exact) mass is 804 g/mol. The third-order valence-corrected chi connectivity index (χ3v) is 12.2. The number of benzene rings is 5. The van der Waals surface area contributed by atoms with Crippen LogP contribution in [0.25, 0.3) is 22.0 Å². The molecule has 5 aromatic carbocycles. The molecule has 0 fully saturated rings. The van der Waals surface area contributed by atoms with Crippen molar-refractivity contribution in [3.8, 4) is 11.1 Å². The van der Waals surface area contributed by atoms with Crippen molar-refractivity contribution < 1.29 is 45.3 Å². The van der Waals surface area contributed by atoms with Crippen LogP contribution >= 0.6 is 0 Å². The lowest BCUT2D eigenvalue weighted by molar-refractivity contribution is -0.146. The van der Waals surface area contributed by atoms with Crippen LogP contribution < -0.4 is 10.9 Å². The predicted octanol–water partition coefficient (Wildman–Crippen LogP) is 6.19. The van der Waals surface area contributed by atoms with Crippen molar-refractivity contribution in [1.29, 1.82) is 0 Å². The van der Waals surface area contributed by atoms with Crippen LogP contribution in [0.3, 0.4) is 0 Å². The van der Waals surface area contributed by atoms with Gasteiger partial charge in [-0.15, -0.1) is 0 Å². The van der Waals surface area contributed by atoms with Crippen LogP contribution in [0.2, 0.25) is 0 Å². The Hall–Kier alpha value is -6.55. The van der Waals surface area contributed by atoms with Gasteiger partial charge in [0.05, 0.1) is 39.6 Å². The molecule has 288 valence electrons. The van der Waals surface area contributed by atoms with E-state index >= 15 is 0 Å². The molecule has 0 saturated heterocycles. The molecule has 6 aromatic rings. The minimum atomic E-state index is -5.11. The third-order valence-electron chi connectivity index (χ3n) is 9.56. The zero-order valence-corrected chi connectivity index (χ0v) is 31.6. The molecule has 57 heavy (non-hydrogen) atoms. The normalized spacial score (nSPS) is 12.8. The van der Waals surface area contributed by atoms with Crippen molar-refractivity contribution in [2.75, 3.05) is 17.7 Å². The van der Waals surface area contributed by atoms with Gasteiger partial charge in [-0.1, -0.05) is 91.0 Å². The van der Waals surface area contributed by atoms with Gasteiger partial charge in [-0.2, -0.15) is 8.42 Å². The second kappa shape index (κ2) is 15.2. The second-order valence-corrected chi connectivity index (χ2v) is 16.6. The van der Waals surface area contributed by atoms with Gasteiger partial charge >= 0.3 is 5.97 Å². The highest BCUT2D eigenvalue weighted by Gasteiger charge is 2.36. The maximum Gasteiger partial charge on any atom is 0.316 e. The number of fused-ring (bicyclic) bond motifs is 2. The summed E-state index contributed by atoms with van der Waals surface area (Å²) in [6.45, 7) is 1.54. The Morgan fingerprint density at radius 3 is 2.05 bits per heavy atom. The first kappa shape index (κ1) is 38.7. The predicted molar refractivity (Wildman–Crippen MR) is 210 cm³/mol. The number of anilines is 2. The molecule has 0 amide bonds. The van der Waals surface area contributed by atoms with Crippen molar-refractivity contribution in [2.24, 2.45) is 5.92 Å². The van der Waals surface area contributed by atoms with E-state index in [2.05, 4.69) is 10.3 Å². The number of hydrogen-bond donors (Lipinski definition) is 3. The molecule has 1 aliphatic rings. The van der Waals surface area contributed by atoms with Crippen molar-refractivity contribution in [1.82, 2.24) is 4.98 Å². The summed E-state index contributed by atoms with van der Waals surface area (Å²) in [5.74, 6) is -4.81. The van der Waals surface area contributed by atoms with Gasteiger partial charge in [-0.25, -0.2) is 8.42 Å². The fourth-order valence-corrected chi connectivity index (χ4v) is 9.01. The molecule has 1 unspecified atom stereocenters. The average Bonchev–Trinajstić information content (AvgIpc) is 3.20. The van der Waals surface area contributed by atoms with Crippen LogP contribution in [-0.2, 0) is 29.5 Å². The number of aromatic amines is 1. The Kier molecular flexibility index (Phi) is 10.3. The van der Waals surface area contributed by atoms with E-state index < -0.39 is 77.3 Å². The van der Waals surface area contributed by atoms with E-state index in [0.717, 1.165) is 6.07 Å². The number of H-pyrrole nitrogens is 1. The fraction of sp³-hybridized carbons (Fsp3) is 0.119. The first-order valence-corrected chi connectivity index (χ1v) is 20.6. The van der Waals surface area contributed by atoms with E-state index in [1.54, 1.807) is 55.5 Å². The van der Waals surface area contributed by atoms with Crippen LogP contribution in [0.15, 0.2) is 130 Å². The fourth-order valence-electron chi connectivity index (χ4n) is 6.95. The van der Waals surface area contributed by atoms with Gasteiger partial charge in [-0.3, -0.25) is 28.5 Å². The molecule has 0 spiro atoms. The van der Waals surface area contributed by atoms with E-state index in [4.69, 9.17) is 4.74 Å².